The lowest BCUT2D eigenvalue weighted by Crippen LogP contribution is -2.07. The van der Waals surface area contributed by atoms with Crippen LogP contribution in [0.2, 0.25) is 0 Å². The van der Waals surface area contributed by atoms with Crippen molar-refractivity contribution in [3.05, 3.63) is 12.2 Å². The third-order valence-corrected chi connectivity index (χ3v) is 3.40. The Morgan fingerprint density at radius 1 is 0.750 bits per heavy atom. The monoisotopic (exact) mass is 286 g/mol. The molecule has 1 fully saturated rings. The summed E-state index contributed by atoms with van der Waals surface area (Å²) >= 11 is 0. The van der Waals surface area contributed by atoms with Crippen LogP contribution in [0.25, 0.3) is 0 Å². The summed E-state index contributed by atoms with van der Waals surface area (Å²) in [7, 11) is 0. The van der Waals surface area contributed by atoms with E-state index < -0.39 is 0 Å². The molecule has 1 saturated carbocycles. The third-order valence-electron chi connectivity index (χ3n) is 3.40. The average molecular weight is 287 g/mol. The van der Waals surface area contributed by atoms with Gasteiger partial charge in [-0.15, -0.1) is 0 Å². The van der Waals surface area contributed by atoms with Gasteiger partial charge in [0.05, 0.1) is 0 Å². The molecule has 126 valence electrons. The number of hydrogen-bond acceptors (Lipinski definition) is 0. The summed E-state index contributed by atoms with van der Waals surface area (Å²) in [6.07, 6.45) is 12.8. The number of hydrogen-bond donors (Lipinski definition) is 0. The molecule has 1 aliphatic carbocycles. The predicted molar refractivity (Wildman–Crippen MR) is 101 cm³/mol. The topological polar surface area (TPSA) is 0 Å². The maximum Gasteiger partial charge on any atom is -0.0391 e. The minimum Gasteiger partial charge on any atom is -0.0919 e. The number of rotatable bonds is 1. The van der Waals surface area contributed by atoms with Crippen molar-refractivity contribution in [1.82, 2.24) is 0 Å². The molecule has 2 atom stereocenters. The van der Waals surface area contributed by atoms with E-state index in [4.69, 9.17) is 0 Å². The van der Waals surface area contributed by atoms with Crippen molar-refractivity contribution in [3.8, 4) is 0 Å². The first kappa shape index (κ1) is 28.0. The average Bonchev–Trinajstić information content (AvgIpc) is 2.77. The minimum atomic E-state index is 1.01. The van der Waals surface area contributed by atoms with E-state index in [0.717, 1.165) is 11.8 Å². The molecule has 0 amide bonds. The van der Waals surface area contributed by atoms with Crippen molar-refractivity contribution in [2.45, 2.75) is 108 Å². The maximum absolute atomic E-state index is 2.43. The summed E-state index contributed by atoms with van der Waals surface area (Å²) in [5.74, 6) is 2.05. The Hall–Kier alpha value is -0.260. The van der Waals surface area contributed by atoms with Crippen molar-refractivity contribution in [2.24, 2.45) is 11.8 Å². The molecule has 0 saturated heterocycles. The van der Waals surface area contributed by atoms with Gasteiger partial charge in [0.2, 0.25) is 0 Å². The van der Waals surface area contributed by atoms with Crippen LogP contribution >= 0.6 is 0 Å². The van der Waals surface area contributed by atoms with Crippen molar-refractivity contribution >= 4 is 0 Å². The molecule has 0 aromatic carbocycles. The molecule has 0 aliphatic heterocycles. The first-order chi connectivity index (χ1) is 9.76. The minimum absolute atomic E-state index is 1.01. The van der Waals surface area contributed by atoms with Crippen LogP contribution in [-0.2, 0) is 0 Å². The second kappa shape index (κ2) is 31.2. The number of allylic oxidation sites excluding steroid dienone is 2. The normalized spacial score (nSPS) is 20.5. The maximum atomic E-state index is 2.43. The van der Waals surface area contributed by atoms with Crippen molar-refractivity contribution < 1.29 is 0 Å². The van der Waals surface area contributed by atoms with E-state index in [1.807, 2.05) is 67.5 Å². The molecule has 0 spiro atoms. The lowest BCUT2D eigenvalue weighted by Gasteiger charge is -2.18. The fourth-order valence-electron chi connectivity index (χ4n) is 2.18. The van der Waals surface area contributed by atoms with Crippen molar-refractivity contribution in [3.63, 3.8) is 0 Å². The Balaban J connectivity index is -0.000000108. The van der Waals surface area contributed by atoms with Gasteiger partial charge in [-0.25, -0.2) is 0 Å². The highest BCUT2D eigenvalue weighted by Crippen LogP contribution is 2.30. The van der Waals surface area contributed by atoms with Gasteiger partial charge in [-0.2, -0.15) is 0 Å². The van der Waals surface area contributed by atoms with Crippen molar-refractivity contribution in [1.29, 1.82) is 0 Å². The van der Waals surface area contributed by atoms with Crippen LogP contribution in [0.15, 0.2) is 12.2 Å². The molecule has 0 radical (unpaired) electrons. The van der Waals surface area contributed by atoms with Gasteiger partial charge in [0.15, 0.2) is 0 Å². The summed E-state index contributed by atoms with van der Waals surface area (Å²) in [6.45, 7) is 20.8. The molecule has 0 aromatic heterocycles. The molecule has 1 aliphatic rings. The highest BCUT2D eigenvalue weighted by Gasteiger charge is 2.17. The van der Waals surface area contributed by atoms with Crippen LogP contribution in [0.4, 0.5) is 0 Å². The Labute approximate surface area is 132 Å². The summed E-state index contributed by atoms with van der Waals surface area (Å²) in [5.41, 5.74) is 0. The summed E-state index contributed by atoms with van der Waals surface area (Å²) in [4.78, 5) is 0. The lowest BCUT2D eigenvalue weighted by molar-refractivity contribution is 0.328. The third kappa shape index (κ3) is 22.9. The largest absolute Gasteiger partial charge is 0.0919 e. The van der Waals surface area contributed by atoms with Gasteiger partial charge in [0, 0.05) is 0 Å². The molecule has 1 rings (SSSR count). The Morgan fingerprint density at radius 3 is 1.50 bits per heavy atom. The van der Waals surface area contributed by atoms with E-state index in [2.05, 4.69) is 13.8 Å². The Morgan fingerprint density at radius 2 is 1.15 bits per heavy atom. The zero-order valence-corrected chi connectivity index (χ0v) is 16.6. The van der Waals surface area contributed by atoms with E-state index >= 15 is 0 Å². The van der Waals surface area contributed by atoms with Gasteiger partial charge in [-0.3, -0.25) is 0 Å². The van der Waals surface area contributed by atoms with Crippen LogP contribution in [0.5, 0.6) is 0 Å². The molecule has 0 heteroatoms. The second-order valence-corrected chi connectivity index (χ2v) is 4.45. The quantitative estimate of drug-likeness (QED) is 0.336. The van der Waals surface area contributed by atoms with Crippen LogP contribution < -0.4 is 0 Å². The van der Waals surface area contributed by atoms with E-state index in [9.17, 15) is 0 Å². The van der Waals surface area contributed by atoms with Gasteiger partial charge in [0.1, 0.15) is 0 Å². The Kier molecular flexibility index (Phi) is 43.7. The molecule has 20 heavy (non-hydrogen) atoms. The fraction of sp³-hybridized carbons (Fsp3) is 0.900. The first-order valence-electron chi connectivity index (χ1n) is 9.33. The summed E-state index contributed by atoms with van der Waals surface area (Å²) in [6, 6.07) is 0. The van der Waals surface area contributed by atoms with E-state index in [0.29, 0.717) is 0 Å². The molecule has 0 aromatic rings. The van der Waals surface area contributed by atoms with E-state index in [-0.39, 0.29) is 0 Å². The van der Waals surface area contributed by atoms with Gasteiger partial charge in [0.25, 0.3) is 0 Å². The second-order valence-electron chi connectivity index (χ2n) is 4.45. The zero-order valence-electron chi connectivity index (χ0n) is 16.6. The van der Waals surface area contributed by atoms with Crippen molar-refractivity contribution in [2.75, 3.05) is 0 Å². The summed E-state index contributed by atoms with van der Waals surface area (Å²) in [5, 5.41) is 0. The van der Waals surface area contributed by atoms with Crippen LogP contribution in [0.1, 0.15) is 108 Å². The lowest BCUT2D eigenvalue weighted by atomic mass is 9.88. The molecule has 0 bridgehead atoms. The van der Waals surface area contributed by atoms with Gasteiger partial charge < -0.3 is 0 Å². The molecule has 0 nitrogen and oxygen atoms in total. The van der Waals surface area contributed by atoms with Gasteiger partial charge in [-0.1, -0.05) is 106 Å². The van der Waals surface area contributed by atoms with E-state index in [1.165, 1.54) is 38.5 Å². The molecule has 0 N–H and O–H groups in total. The van der Waals surface area contributed by atoms with E-state index in [1.54, 1.807) is 0 Å². The van der Waals surface area contributed by atoms with Gasteiger partial charge in [-0.05, 0) is 25.7 Å². The van der Waals surface area contributed by atoms with Gasteiger partial charge >= 0.3 is 0 Å². The summed E-state index contributed by atoms with van der Waals surface area (Å²) < 4.78 is 0. The highest BCUT2D eigenvalue weighted by atomic mass is 14.2. The Bertz CT molecular complexity index is 131. The standard InChI is InChI=1S/C10H20.C4H8.3C2H6/c1-3-10-8-6-4-5-7-9(10)2;1-3-4-2;3*1-2/h9-10H,3-8H2,1-2H3;3-4H,1-2H3;3*1-2H3/b;4-3-;;;/t9-,10-;;;;/m1..../s1. The molecular formula is C20H46. The van der Waals surface area contributed by atoms with Crippen LogP contribution in [0, 0.1) is 11.8 Å². The zero-order chi connectivity index (χ0) is 16.8. The highest BCUT2D eigenvalue weighted by molar-refractivity contribution is 4.69. The molecule has 0 heterocycles. The fourth-order valence-corrected chi connectivity index (χ4v) is 2.18. The predicted octanol–water partition coefficient (Wildman–Crippen LogP) is 8.27. The van der Waals surface area contributed by atoms with Crippen LogP contribution in [-0.4, -0.2) is 0 Å². The van der Waals surface area contributed by atoms with Crippen LogP contribution in [0.3, 0.4) is 0 Å². The molecular weight excluding hydrogens is 240 g/mol. The SMILES string of the molecule is C/C=C\C.CC.CC.CC.CC[C@@H]1CCCCC[C@H]1C. The first-order valence-corrected chi connectivity index (χ1v) is 9.33. The smallest absolute Gasteiger partial charge is 0.0391 e. The molecule has 0 unspecified atom stereocenters.